The lowest BCUT2D eigenvalue weighted by atomic mass is 10.1. The summed E-state index contributed by atoms with van der Waals surface area (Å²) in [6.07, 6.45) is 2.32. The number of anilines is 4. The van der Waals surface area contributed by atoms with E-state index < -0.39 is 17.4 Å². The molecule has 0 atom stereocenters. The van der Waals surface area contributed by atoms with Crippen LogP contribution in [0.1, 0.15) is 20.3 Å². The largest absolute Gasteiger partial charge is 0.503 e. The zero-order valence-corrected chi connectivity index (χ0v) is 14.4. The Labute approximate surface area is 149 Å². The van der Waals surface area contributed by atoms with Gasteiger partial charge in [-0.3, -0.25) is 4.79 Å². The first-order valence-electron chi connectivity index (χ1n) is 8.20. The highest BCUT2D eigenvalue weighted by Gasteiger charge is 2.24. The highest BCUT2D eigenvalue weighted by Crippen LogP contribution is 2.30. The number of fused-ring (bicyclic) bond motifs is 1. The van der Waals surface area contributed by atoms with Crippen LogP contribution in [0.3, 0.4) is 0 Å². The maximum atomic E-state index is 13.5. The Kier molecular flexibility index (Phi) is 4.88. The molecule has 0 aliphatic carbocycles. The smallest absolute Gasteiger partial charge is 0.244 e. The highest BCUT2D eigenvalue weighted by atomic mass is 19.1. The predicted octanol–water partition coefficient (Wildman–Crippen LogP) is 3.01. The Morgan fingerprint density at radius 3 is 2.69 bits per heavy atom. The number of amides is 1. The SMILES string of the molecule is CC(C)CCN1CC(=O)Nc2cnc(Nc3cc(F)c(O)c(F)c3)nc21. The number of hydrogen-bond acceptors (Lipinski definition) is 6. The van der Waals surface area contributed by atoms with Crippen molar-refractivity contribution in [3.8, 4) is 5.75 Å². The van der Waals surface area contributed by atoms with E-state index in [-0.39, 0.29) is 24.1 Å². The normalized spacial score (nSPS) is 13.6. The van der Waals surface area contributed by atoms with E-state index in [1.165, 1.54) is 6.20 Å². The van der Waals surface area contributed by atoms with Crippen molar-refractivity contribution < 1.29 is 18.7 Å². The number of carbonyl (C=O) groups excluding carboxylic acids is 1. The lowest BCUT2D eigenvalue weighted by Gasteiger charge is -2.30. The third-order valence-electron chi connectivity index (χ3n) is 3.93. The van der Waals surface area contributed by atoms with E-state index in [0.717, 1.165) is 18.6 Å². The van der Waals surface area contributed by atoms with Crippen molar-refractivity contribution in [2.24, 2.45) is 5.92 Å². The van der Waals surface area contributed by atoms with Crippen LogP contribution in [0.15, 0.2) is 18.3 Å². The fourth-order valence-corrected chi connectivity index (χ4v) is 2.57. The van der Waals surface area contributed by atoms with Crippen LogP contribution >= 0.6 is 0 Å². The number of aromatic nitrogens is 2. The fraction of sp³-hybridized carbons (Fsp3) is 0.353. The summed E-state index contributed by atoms with van der Waals surface area (Å²) in [5, 5.41) is 14.6. The number of rotatable bonds is 5. The van der Waals surface area contributed by atoms with E-state index in [1.54, 1.807) is 0 Å². The Balaban J connectivity index is 1.87. The van der Waals surface area contributed by atoms with Gasteiger partial charge in [0.1, 0.15) is 5.69 Å². The third kappa shape index (κ3) is 3.81. The van der Waals surface area contributed by atoms with E-state index in [2.05, 4.69) is 34.4 Å². The monoisotopic (exact) mass is 363 g/mol. The van der Waals surface area contributed by atoms with E-state index in [1.807, 2.05) is 4.90 Å². The molecule has 1 aromatic carbocycles. The highest BCUT2D eigenvalue weighted by molar-refractivity contribution is 6.00. The minimum atomic E-state index is -1.09. The summed E-state index contributed by atoms with van der Waals surface area (Å²) in [5.41, 5.74) is 0.546. The first-order valence-corrected chi connectivity index (χ1v) is 8.20. The Bertz CT molecular complexity index is 821. The van der Waals surface area contributed by atoms with Crippen LogP contribution in [0.25, 0.3) is 0 Å². The lowest BCUT2D eigenvalue weighted by molar-refractivity contribution is -0.115. The topological polar surface area (TPSA) is 90.4 Å². The summed E-state index contributed by atoms with van der Waals surface area (Å²) in [6.45, 7) is 5.01. The molecule has 0 unspecified atom stereocenters. The lowest BCUT2D eigenvalue weighted by Crippen LogP contribution is -2.40. The number of aromatic hydroxyl groups is 1. The van der Waals surface area contributed by atoms with Gasteiger partial charge in [-0.1, -0.05) is 13.8 Å². The Hall–Kier alpha value is -2.97. The van der Waals surface area contributed by atoms with Crippen LogP contribution in [0.2, 0.25) is 0 Å². The molecule has 9 heteroatoms. The fourth-order valence-electron chi connectivity index (χ4n) is 2.57. The van der Waals surface area contributed by atoms with E-state index >= 15 is 0 Å². The van der Waals surface area contributed by atoms with Crippen LogP contribution in [-0.2, 0) is 4.79 Å². The Morgan fingerprint density at radius 1 is 1.35 bits per heavy atom. The number of phenols is 1. The summed E-state index contributed by atoms with van der Waals surface area (Å²) < 4.78 is 26.9. The summed E-state index contributed by atoms with van der Waals surface area (Å²) in [6, 6.07) is 1.89. The van der Waals surface area contributed by atoms with Crippen LogP contribution < -0.4 is 15.5 Å². The first-order chi connectivity index (χ1) is 12.3. The molecular formula is C17H19F2N5O2. The quantitative estimate of drug-likeness (QED) is 0.708. The Morgan fingerprint density at radius 2 is 2.04 bits per heavy atom. The van der Waals surface area contributed by atoms with Gasteiger partial charge in [0.2, 0.25) is 11.9 Å². The van der Waals surface area contributed by atoms with E-state index in [9.17, 15) is 13.6 Å². The van der Waals surface area contributed by atoms with Crippen LogP contribution in [0, 0.1) is 17.6 Å². The molecule has 2 aromatic rings. The van der Waals surface area contributed by atoms with E-state index in [4.69, 9.17) is 5.11 Å². The summed E-state index contributed by atoms with van der Waals surface area (Å²) in [4.78, 5) is 22.1. The van der Waals surface area contributed by atoms with Crippen molar-refractivity contribution in [3.63, 3.8) is 0 Å². The maximum Gasteiger partial charge on any atom is 0.244 e. The molecule has 26 heavy (non-hydrogen) atoms. The average molecular weight is 363 g/mol. The molecule has 1 aromatic heterocycles. The number of halogens is 2. The maximum absolute atomic E-state index is 13.5. The van der Waals surface area contributed by atoms with Crippen molar-refractivity contribution in [2.75, 3.05) is 28.6 Å². The van der Waals surface area contributed by atoms with Gasteiger partial charge in [-0.05, 0) is 12.3 Å². The molecule has 1 aliphatic heterocycles. The molecule has 1 aliphatic rings. The predicted molar refractivity (Wildman–Crippen MR) is 93.6 cm³/mol. The molecule has 0 saturated heterocycles. The standard InChI is InChI=1S/C17H19F2N5O2/c1-9(2)3-4-24-8-14(25)22-13-7-20-17(23-16(13)24)21-10-5-11(18)15(26)12(19)6-10/h5-7,9,26H,3-4,8H2,1-2H3,(H,22,25)(H,20,21,23). The molecule has 138 valence electrons. The summed E-state index contributed by atoms with van der Waals surface area (Å²) in [5.74, 6) is -2.22. The van der Waals surface area contributed by atoms with Gasteiger partial charge in [-0.2, -0.15) is 4.98 Å². The van der Waals surface area contributed by atoms with Crippen molar-refractivity contribution in [2.45, 2.75) is 20.3 Å². The van der Waals surface area contributed by atoms with Crippen molar-refractivity contribution in [1.29, 1.82) is 0 Å². The van der Waals surface area contributed by atoms with Crippen LogP contribution in [0.4, 0.5) is 31.9 Å². The van der Waals surface area contributed by atoms with Crippen molar-refractivity contribution in [3.05, 3.63) is 30.0 Å². The summed E-state index contributed by atoms with van der Waals surface area (Å²) in [7, 11) is 0. The average Bonchev–Trinajstić information content (AvgIpc) is 2.57. The number of nitrogens with zero attached hydrogens (tertiary/aromatic N) is 3. The van der Waals surface area contributed by atoms with Gasteiger partial charge < -0.3 is 20.6 Å². The minimum Gasteiger partial charge on any atom is -0.503 e. The molecule has 0 fully saturated rings. The molecule has 3 rings (SSSR count). The van der Waals surface area contributed by atoms with Crippen LogP contribution in [-0.4, -0.2) is 34.1 Å². The zero-order chi connectivity index (χ0) is 18.8. The molecule has 1 amide bonds. The third-order valence-corrected chi connectivity index (χ3v) is 3.93. The van der Waals surface area contributed by atoms with Gasteiger partial charge in [-0.15, -0.1) is 0 Å². The molecule has 0 saturated carbocycles. The van der Waals surface area contributed by atoms with Gasteiger partial charge in [0.25, 0.3) is 0 Å². The van der Waals surface area contributed by atoms with Crippen molar-refractivity contribution in [1.82, 2.24) is 9.97 Å². The number of phenolic OH excluding ortho intramolecular Hbond substituents is 1. The molecule has 0 spiro atoms. The number of nitrogens with one attached hydrogen (secondary N) is 2. The van der Waals surface area contributed by atoms with Gasteiger partial charge in [-0.25, -0.2) is 13.8 Å². The number of carbonyl (C=O) groups is 1. The molecule has 2 heterocycles. The second kappa shape index (κ2) is 7.11. The molecular weight excluding hydrogens is 344 g/mol. The van der Waals surface area contributed by atoms with Gasteiger partial charge in [0.15, 0.2) is 23.2 Å². The van der Waals surface area contributed by atoms with Crippen LogP contribution in [0.5, 0.6) is 5.75 Å². The molecule has 0 radical (unpaired) electrons. The van der Waals surface area contributed by atoms with Gasteiger partial charge in [0.05, 0.1) is 12.7 Å². The van der Waals surface area contributed by atoms with Crippen molar-refractivity contribution >= 4 is 29.0 Å². The minimum absolute atomic E-state index is 0.0614. The second-order valence-electron chi connectivity index (χ2n) is 6.50. The van der Waals surface area contributed by atoms with Gasteiger partial charge >= 0.3 is 0 Å². The molecule has 0 bridgehead atoms. The first kappa shape index (κ1) is 17.8. The number of benzene rings is 1. The van der Waals surface area contributed by atoms with E-state index in [0.29, 0.717) is 24.0 Å². The van der Waals surface area contributed by atoms with Gasteiger partial charge in [0, 0.05) is 24.4 Å². The zero-order valence-electron chi connectivity index (χ0n) is 14.4. The molecule has 7 nitrogen and oxygen atoms in total. The molecule has 3 N–H and O–H groups in total. The summed E-state index contributed by atoms with van der Waals surface area (Å²) >= 11 is 0. The second-order valence-corrected chi connectivity index (χ2v) is 6.50. The number of hydrogen-bond donors (Lipinski definition) is 3.